The molecule has 3 rings (SSSR count). The first kappa shape index (κ1) is 16.0. The standard InChI is InChI=1S/C16H15N5O2S/c1-9-18-14(8-15(19-9)24-2)21-13(17)7-12(20-21)10-3-5-11(6-4-10)16(22)23/h3-8H,17H2,1-2H3,(H,22,23). The second-order valence-electron chi connectivity index (χ2n) is 5.06. The van der Waals surface area contributed by atoms with Gasteiger partial charge < -0.3 is 10.8 Å². The third-order valence-electron chi connectivity index (χ3n) is 3.39. The van der Waals surface area contributed by atoms with Crippen molar-refractivity contribution in [1.29, 1.82) is 0 Å². The lowest BCUT2D eigenvalue weighted by Crippen LogP contribution is -2.06. The fourth-order valence-electron chi connectivity index (χ4n) is 2.24. The van der Waals surface area contributed by atoms with E-state index in [-0.39, 0.29) is 5.56 Å². The molecule has 7 nitrogen and oxygen atoms in total. The number of nitrogens with zero attached hydrogens (tertiary/aromatic N) is 4. The molecule has 0 amide bonds. The zero-order valence-corrected chi connectivity index (χ0v) is 13.9. The number of thioether (sulfide) groups is 1. The van der Waals surface area contributed by atoms with E-state index < -0.39 is 5.97 Å². The van der Waals surface area contributed by atoms with E-state index in [0.717, 1.165) is 10.6 Å². The molecular formula is C16H15N5O2S. The highest BCUT2D eigenvalue weighted by atomic mass is 32.2. The molecule has 122 valence electrons. The van der Waals surface area contributed by atoms with Crippen molar-refractivity contribution < 1.29 is 9.90 Å². The van der Waals surface area contributed by atoms with E-state index in [4.69, 9.17) is 10.8 Å². The maximum atomic E-state index is 10.9. The van der Waals surface area contributed by atoms with Crippen LogP contribution in [0.4, 0.5) is 5.82 Å². The number of hydrogen-bond acceptors (Lipinski definition) is 6. The highest BCUT2D eigenvalue weighted by Crippen LogP contribution is 2.24. The van der Waals surface area contributed by atoms with E-state index in [1.54, 1.807) is 22.9 Å². The Hall–Kier alpha value is -2.87. The average molecular weight is 341 g/mol. The number of nitrogens with two attached hydrogens (primary N) is 1. The van der Waals surface area contributed by atoms with E-state index in [1.165, 1.54) is 23.9 Å². The summed E-state index contributed by atoms with van der Waals surface area (Å²) in [6.45, 7) is 1.81. The molecule has 24 heavy (non-hydrogen) atoms. The molecule has 0 fully saturated rings. The number of aromatic carboxylic acids is 1. The van der Waals surface area contributed by atoms with Crippen LogP contribution in [0.1, 0.15) is 16.2 Å². The van der Waals surface area contributed by atoms with Gasteiger partial charge in [0.05, 0.1) is 11.3 Å². The molecule has 0 bridgehead atoms. The van der Waals surface area contributed by atoms with Crippen molar-refractivity contribution in [1.82, 2.24) is 19.7 Å². The zero-order chi connectivity index (χ0) is 17.3. The molecule has 0 aliphatic carbocycles. The largest absolute Gasteiger partial charge is 0.478 e. The van der Waals surface area contributed by atoms with Crippen molar-refractivity contribution in [3.63, 3.8) is 0 Å². The second-order valence-corrected chi connectivity index (χ2v) is 5.89. The summed E-state index contributed by atoms with van der Waals surface area (Å²) in [4.78, 5) is 19.6. The van der Waals surface area contributed by atoms with Gasteiger partial charge in [0.15, 0.2) is 5.82 Å². The normalized spacial score (nSPS) is 10.8. The first-order chi connectivity index (χ1) is 11.5. The van der Waals surface area contributed by atoms with E-state index in [9.17, 15) is 4.79 Å². The third kappa shape index (κ3) is 3.09. The summed E-state index contributed by atoms with van der Waals surface area (Å²) in [5.74, 6) is 0.710. The molecule has 3 N–H and O–H groups in total. The number of benzene rings is 1. The lowest BCUT2D eigenvalue weighted by Gasteiger charge is -2.05. The molecule has 0 spiro atoms. The van der Waals surface area contributed by atoms with E-state index >= 15 is 0 Å². The summed E-state index contributed by atoms with van der Waals surface area (Å²) in [5, 5.41) is 14.3. The molecule has 2 heterocycles. The Morgan fingerprint density at radius 2 is 1.92 bits per heavy atom. The van der Waals surface area contributed by atoms with Crippen LogP contribution in [-0.4, -0.2) is 37.1 Å². The molecule has 1 aromatic carbocycles. The maximum absolute atomic E-state index is 10.9. The first-order valence-corrected chi connectivity index (χ1v) is 8.29. The first-order valence-electron chi connectivity index (χ1n) is 7.07. The van der Waals surface area contributed by atoms with Gasteiger partial charge in [-0.15, -0.1) is 11.8 Å². The number of carbonyl (C=O) groups is 1. The van der Waals surface area contributed by atoms with Gasteiger partial charge >= 0.3 is 5.97 Å². The fourth-order valence-corrected chi connectivity index (χ4v) is 2.69. The Bertz CT molecular complexity index is 905. The lowest BCUT2D eigenvalue weighted by atomic mass is 10.1. The number of hydrogen-bond donors (Lipinski definition) is 2. The van der Waals surface area contributed by atoms with Gasteiger partial charge in [-0.2, -0.15) is 9.78 Å². The van der Waals surface area contributed by atoms with E-state index in [1.807, 2.05) is 19.2 Å². The Kier molecular flexibility index (Phi) is 4.22. The van der Waals surface area contributed by atoms with Crippen LogP contribution >= 0.6 is 11.8 Å². The second kappa shape index (κ2) is 6.32. The molecule has 0 saturated heterocycles. The quantitative estimate of drug-likeness (QED) is 0.555. The minimum Gasteiger partial charge on any atom is -0.478 e. The molecule has 0 radical (unpaired) electrons. The smallest absolute Gasteiger partial charge is 0.335 e. The molecule has 0 saturated carbocycles. The Labute approximate surface area is 142 Å². The summed E-state index contributed by atoms with van der Waals surface area (Å²) < 4.78 is 1.55. The Balaban J connectivity index is 2.01. The highest BCUT2D eigenvalue weighted by Gasteiger charge is 2.12. The molecule has 0 aliphatic heterocycles. The van der Waals surface area contributed by atoms with Crippen molar-refractivity contribution in [2.45, 2.75) is 11.9 Å². The van der Waals surface area contributed by atoms with Crippen molar-refractivity contribution in [2.75, 3.05) is 12.0 Å². The molecule has 8 heteroatoms. The van der Waals surface area contributed by atoms with Crippen LogP contribution in [0, 0.1) is 6.92 Å². The van der Waals surface area contributed by atoms with Crippen molar-refractivity contribution in [2.24, 2.45) is 0 Å². The number of rotatable bonds is 4. The van der Waals surface area contributed by atoms with Crippen LogP contribution in [0.15, 0.2) is 41.4 Å². The number of aryl methyl sites for hydroxylation is 1. The minimum absolute atomic E-state index is 0.224. The zero-order valence-electron chi connectivity index (χ0n) is 13.1. The average Bonchev–Trinajstić information content (AvgIpc) is 2.96. The summed E-state index contributed by atoms with van der Waals surface area (Å²) in [6, 6.07) is 10.0. The van der Waals surface area contributed by atoms with Crippen LogP contribution in [0.5, 0.6) is 0 Å². The SMILES string of the molecule is CSc1cc(-n2nc(-c3ccc(C(=O)O)cc3)cc2N)nc(C)n1. The van der Waals surface area contributed by atoms with Gasteiger partial charge in [0.1, 0.15) is 16.7 Å². The van der Waals surface area contributed by atoms with Crippen LogP contribution in [0.25, 0.3) is 17.1 Å². The van der Waals surface area contributed by atoms with Crippen molar-refractivity contribution in [3.8, 4) is 17.1 Å². The number of nitrogen functional groups attached to an aromatic ring is 1. The van der Waals surface area contributed by atoms with Gasteiger partial charge in [0, 0.05) is 17.7 Å². The topological polar surface area (TPSA) is 107 Å². The lowest BCUT2D eigenvalue weighted by molar-refractivity contribution is 0.0697. The Morgan fingerprint density at radius 1 is 1.21 bits per heavy atom. The number of aromatic nitrogens is 4. The van der Waals surface area contributed by atoms with E-state index in [2.05, 4.69) is 15.1 Å². The summed E-state index contributed by atoms with van der Waals surface area (Å²) >= 11 is 1.52. The maximum Gasteiger partial charge on any atom is 0.335 e. The highest BCUT2D eigenvalue weighted by molar-refractivity contribution is 7.98. The predicted octanol–water partition coefficient (Wildman–Crippen LogP) is 2.64. The molecule has 3 aromatic rings. The molecule has 0 aliphatic rings. The molecular weight excluding hydrogens is 326 g/mol. The minimum atomic E-state index is -0.965. The van der Waals surface area contributed by atoms with Crippen LogP contribution < -0.4 is 5.73 Å². The summed E-state index contributed by atoms with van der Waals surface area (Å²) in [5.41, 5.74) is 7.72. The third-order valence-corrected chi connectivity index (χ3v) is 4.02. The van der Waals surface area contributed by atoms with Gasteiger partial charge in [-0.1, -0.05) is 12.1 Å². The molecule has 0 atom stereocenters. The number of anilines is 1. The fraction of sp³-hybridized carbons (Fsp3) is 0.125. The van der Waals surface area contributed by atoms with Gasteiger partial charge in [-0.05, 0) is 25.3 Å². The molecule has 0 unspecified atom stereocenters. The summed E-state index contributed by atoms with van der Waals surface area (Å²) in [7, 11) is 0. The number of carboxylic acid groups (broad SMARTS) is 1. The van der Waals surface area contributed by atoms with Gasteiger partial charge in [-0.3, -0.25) is 0 Å². The van der Waals surface area contributed by atoms with E-state index in [0.29, 0.717) is 23.2 Å². The molecule has 2 aromatic heterocycles. The van der Waals surface area contributed by atoms with Gasteiger partial charge in [-0.25, -0.2) is 14.8 Å². The Morgan fingerprint density at radius 3 is 2.54 bits per heavy atom. The van der Waals surface area contributed by atoms with Crippen LogP contribution in [0.2, 0.25) is 0 Å². The van der Waals surface area contributed by atoms with Gasteiger partial charge in [0.2, 0.25) is 0 Å². The monoisotopic (exact) mass is 341 g/mol. The number of carboxylic acids is 1. The van der Waals surface area contributed by atoms with Gasteiger partial charge in [0.25, 0.3) is 0 Å². The van der Waals surface area contributed by atoms with Crippen molar-refractivity contribution in [3.05, 3.63) is 47.8 Å². The van der Waals surface area contributed by atoms with Crippen LogP contribution in [-0.2, 0) is 0 Å². The van der Waals surface area contributed by atoms with Crippen molar-refractivity contribution >= 4 is 23.5 Å². The summed E-state index contributed by atoms with van der Waals surface area (Å²) in [6.07, 6.45) is 1.94. The predicted molar refractivity (Wildman–Crippen MR) is 92.5 cm³/mol. The van der Waals surface area contributed by atoms with Crippen LogP contribution in [0.3, 0.4) is 0 Å².